The number of carbonyl (C=O) groups excluding carboxylic acids is 1. The largest absolute Gasteiger partial charge is 0.457 e. The maximum absolute atomic E-state index is 12.2. The van der Waals surface area contributed by atoms with Gasteiger partial charge >= 0.3 is 5.97 Å². The lowest BCUT2D eigenvalue weighted by atomic mass is 10.1. The summed E-state index contributed by atoms with van der Waals surface area (Å²) in [6.45, 7) is 2.00. The fourth-order valence-corrected chi connectivity index (χ4v) is 3.27. The first kappa shape index (κ1) is 19.1. The number of ether oxygens (including phenoxy) is 1. The molecular formula is C21H13IN2O5. The highest BCUT2D eigenvalue weighted by atomic mass is 127. The van der Waals surface area contributed by atoms with Crippen molar-refractivity contribution in [2.45, 2.75) is 6.92 Å². The standard InChI is InChI=1S/C21H13IN2O5/c1-12-5-6-14(10-17(12)22)20-23-18(21(25)29-20)11-16-7-8-19(28-16)13-3-2-4-15(9-13)24(26)27/h2-11H,1H3/b18-11-. The molecule has 0 saturated heterocycles. The Morgan fingerprint density at radius 3 is 2.69 bits per heavy atom. The third-order valence-electron chi connectivity index (χ3n) is 4.29. The Morgan fingerprint density at radius 2 is 1.93 bits per heavy atom. The van der Waals surface area contributed by atoms with Crippen LogP contribution in [-0.2, 0) is 9.53 Å². The van der Waals surface area contributed by atoms with Crippen LogP contribution in [0.15, 0.2) is 69.7 Å². The summed E-state index contributed by atoms with van der Waals surface area (Å²) in [4.78, 5) is 26.9. The van der Waals surface area contributed by atoms with Gasteiger partial charge in [0, 0.05) is 32.9 Å². The topological polar surface area (TPSA) is 94.9 Å². The number of carbonyl (C=O) groups is 1. The maximum Gasteiger partial charge on any atom is 0.363 e. The summed E-state index contributed by atoms with van der Waals surface area (Å²) in [6.07, 6.45) is 1.48. The number of nitrogens with zero attached hydrogens (tertiary/aromatic N) is 2. The van der Waals surface area contributed by atoms with Crippen LogP contribution in [0.25, 0.3) is 17.4 Å². The maximum atomic E-state index is 12.2. The highest BCUT2D eigenvalue weighted by molar-refractivity contribution is 14.1. The lowest BCUT2D eigenvalue weighted by Gasteiger charge is -2.02. The number of hydrogen-bond acceptors (Lipinski definition) is 6. The molecule has 1 aromatic heterocycles. The number of aryl methyl sites for hydroxylation is 1. The second-order valence-corrected chi connectivity index (χ2v) is 7.47. The number of nitro groups is 1. The zero-order chi connectivity index (χ0) is 20.5. The van der Waals surface area contributed by atoms with Gasteiger partial charge in [-0.1, -0.05) is 18.2 Å². The first-order valence-corrected chi connectivity index (χ1v) is 9.62. The predicted octanol–water partition coefficient (Wildman–Crippen LogP) is 5.11. The van der Waals surface area contributed by atoms with Crippen LogP contribution in [0.2, 0.25) is 0 Å². The van der Waals surface area contributed by atoms with E-state index in [4.69, 9.17) is 9.15 Å². The van der Waals surface area contributed by atoms with Crippen molar-refractivity contribution in [1.29, 1.82) is 0 Å². The minimum absolute atomic E-state index is 0.0276. The molecule has 0 unspecified atom stereocenters. The lowest BCUT2D eigenvalue weighted by molar-refractivity contribution is -0.384. The average molecular weight is 500 g/mol. The van der Waals surface area contributed by atoms with Crippen LogP contribution < -0.4 is 0 Å². The molecule has 0 bridgehead atoms. The van der Waals surface area contributed by atoms with Gasteiger partial charge in [-0.15, -0.1) is 0 Å². The number of esters is 1. The van der Waals surface area contributed by atoms with Crippen LogP contribution in [-0.4, -0.2) is 16.8 Å². The van der Waals surface area contributed by atoms with Gasteiger partial charge in [0.05, 0.1) is 4.92 Å². The first-order valence-electron chi connectivity index (χ1n) is 8.54. The van der Waals surface area contributed by atoms with E-state index < -0.39 is 10.9 Å². The normalized spacial score (nSPS) is 14.8. The zero-order valence-electron chi connectivity index (χ0n) is 15.1. The van der Waals surface area contributed by atoms with E-state index in [9.17, 15) is 14.9 Å². The predicted molar refractivity (Wildman–Crippen MR) is 115 cm³/mol. The zero-order valence-corrected chi connectivity index (χ0v) is 17.2. The molecule has 1 aliphatic heterocycles. The molecule has 2 aromatic carbocycles. The molecule has 0 aliphatic carbocycles. The lowest BCUT2D eigenvalue weighted by Crippen LogP contribution is -2.05. The van der Waals surface area contributed by atoms with Crippen molar-refractivity contribution in [2.24, 2.45) is 4.99 Å². The summed E-state index contributed by atoms with van der Waals surface area (Å²) < 4.78 is 12.0. The fraction of sp³-hybridized carbons (Fsp3) is 0.0476. The van der Waals surface area contributed by atoms with Gasteiger partial charge < -0.3 is 9.15 Å². The van der Waals surface area contributed by atoms with E-state index in [-0.39, 0.29) is 17.3 Å². The van der Waals surface area contributed by atoms with E-state index in [2.05, 4.69) is 27.6 Å². The van der Waals surface area contributed by atoms with Crippen LogP contribution in [0.3, 0.4) is 0 Å². The molecule has 0 N–H and O–H groups in total. The van der Waals surface area contributed by atoms with Gasteiger partial charge in [0.25, 0.3) is 5.69 Å². The monoisotopic (exact) mass is 500 g/mol. The van der Waals surface area contributed by atoms with E-state index >= 15 is 0 Å². The molecular weight excluding hydrogens is 487 g/mol. The Hall–Kier alpha value is -3.27. The average Bonchev–Trinajstić information content (AvgIpc) is 3.31. The molecule has 0 radical (unpaired) electrons. The van der Waals surface area contributed by atoms with Crippen molar-refractivity contribution in [1.82, 2.24) is 0 Å². The summed E-state index contributed by atoms with van der Waals surface area (Å²) >= 11 is 2.21. The van der Waals surface area contributed by atoms with Gasteiger partial charge in [-0.2, -0.15) is 0 Å². The molecule has 29 heavy (non-hydrogen) atoms. The third-order valence-corrected chi connectivity index (χ3v) is 5.45. The van der Waals surface area contributed by atoms with E-state index in [1.165, 1.54) is 18.2 Å². The summed E-state index contributed by atoms with van der Waals surface area (Å²) in [6, 6.07) is 15.2. The fourth-order valence-electron chi connectivity index (χ4n) is 2.75. The summed E-state index contributed by atoms with van der Waals surface area (Å²) in [5.74, 6) is 0.514. The minimum Gasteiger partial charge on any atom is -0.457 e. The van der Waals surface area contributed by atoms with E-state index in [0.29, 0.717) is 22.6 Å². The number of halogens is 1. The van der Waals surface area contributed by atoms with E-state index in [1.54, 1.807) is 24.3 Å². The number of nitro benzene ring substituents is 1. The number of cyclic esters (lactones) is 1. The number of hydrogen-bond donors (Lipinski definition) is 0. The molecule has 3 aromatic rings. The molecule has 0 saturated carbocycles. The van der Waals surface area contributed by atoms with Crippen molar-refractivity contribution in [3.63, 3.8) is 0 Å². The van der Waals surface area contributed by atoms with Crippen LogP contribution >= 0.6 is 22.6 Å². The van der Waals surface area contributed by atoms with Gasteiger partial charge in [0.2, 0.25) is 5.90 Å². The number of non-ortho nitro benzene ring substituents is 1. The molecule has 0 atom stereocenters. The third kappa shape index (κ3) is 3.97. The van der Waals surface area contributed by atoms with Crippen molar-refractivity contribution >= 4 is 46.2 Å². The van der Waals surface area contributed by atoms with Crippen molar-refractivity contribution in [3.05, 3.63) is 90.9 Å². The molecule has 0 spiro atoms. The summed E-state index contributed by atoms with van der Waals surface area (Å²) in [7, 11) is 0. The molecule has 144 valence electrons. The van der Waals surface area contributed by atoms with Crippen LogP contribution in [0, 0.1) is 20.6 Å². The Balaban J connectivity index is 1.62. The van der Waals surface area contributed by atoms with Crippen LogP contribution in [0.1, 0.15) is 16.9 Å². The van der Waals surface area contributed by atoms with Crippen molar-refractivity contribution in [3.8, 4) is 11.3 Å². The molecule has 0 amide bonds. The molecule has 4 rings (SSSR count). The number of furan rings is 1. The van der Waals surface area contributed by atoms with Crippen LogP contribution in [0.4, 0.5) is 5.69 Å². The Kier molecular flexibility index (Phi) is 5.01. The SMILES string of the molecule is Cc1ccc(C2=N/C(=C\c3ccc(-c4cccc([N+](=O)[O-])c4)o3)C(=O)O2)cc1I. The first-order chi connectivity index (χ1) is 13.9. The molecule has 2 heterocycles. The van der Waals surface area contributed by atoms with Gasteiger partial charge in [-0.25, -0.2) is 9.79 Å². The second-order valence-electron chi connectivity index (χ2n) is 6.31. The summed E-state index contributed by atoms with van der Waals surface area (Å²) in [5, 5.41) is 10.9. The number of aliphatic imine (C=N–C) groups is 1. The second kappa shape index (κ2) is 7.63. The quantitative estimate of drug-likeness (QED) is 0.163. The number of benzene rings is 2. The molecule has 1 aliphatic rings. The van der Waals surface area contributed by atoms with Crippen LogP contribution in [0.5, 0.6) is 0 Å². The molecule has 8 heteroatoms. The van der Waals surface area contributed by atoms with Gasteiger partial charge in [-0.05, 0) is 59.3 Å². The van der Waals surface area contributed by atoms with Gasteiger partial charge in [0.15, 0.2) is 5.70 Å². The van der Waals surface area contributed by atoms with E-state index in [0.717, 1.165) is 9.13 Å². The Morgan fingerprint density at radius 1 is 1.10 bits per heavy atom. The van der Waals surface area contributed by atoms with Gasteiger partial charge in [-0.3, -0.25) is 10.1 Å². The van der Waals surface area contributed by atoms with Crippen molar-refractivity contribution < 1.29 is 18.9 Å². The van der Waals surface area contributed by atoms with Gasteiger partial charge in [0.1, 0.15) is 11.5 Å². The highest BCUT2D eigenvalue weighted by Crippen LogP contribution is 2.28. The van der Waals surface area contributed by atoms with E-state index in [1.807, 2.05) is 25.1 Å². The Labute approximate surface area is 179 Å². The Bertz CT molecular complexity index is 1210. The highest BCUT2D eigenvalue weighted by Gasteiger charge is 2.25. The molecule has 7 nitrogen and oxygen atoms in total. The molecule has 0 fully saturated rings. The summed E-state index contributed by atoms with van der Waals surface area (Å²) in [5.41, 5.74) is 2.50. The minimum atomic E-state index is -0.566. The smallest absolute Gasteiger partial charge is 0.363 e. The number of rotatable bonds is 4. The van der Waals surface area contributed by atoms with Crippen molar-refractivity contribution in [2.75, 3.05) is 0 Å².